The number of hydrogen-bond donors (Lipinski definition) is 1. The topological polar surface area (TPSA) is 50.7 Å². The van der Waals surface area contributed by atoms with Crippen LogP contribution in [0.25, 0.3) is 10.8 Å². The second kappa shape index (κ2) is 7.09. The molecule has 2 heterocycles. The van der Waals surface area contributed by atoms with Crippen LogP contribution in [-0.4, -0.2) is 15.2 Å². The third-order valence-corrected chi connectivity index (χ3v) is 4.19. The minimum absolute atomic E-state index is 0.725. The Labute approximate surface area is 146 Å². The number of rotatable bonds is 5. The molecule has 122 valence electrons. The lowest BCUT2D eigenvalue weighted by Crippen LogP contribution is -2.05. The Morgan fingerprint density at radius 2 is 1.40 bits per heavy atom. The maximum Gasteiger partial charge on any atom is 0.156 e. The SMILES string of the molecule is c1ccc(CNc2nnc(Cc3ccncc3)c3ccccc23)cc1. The summed E-state index contributed by atoms with van der Waals surface area (Å²) in [5.41, 5.74) is 3.38. The van der Waals surface area contributed by atoms with Crippen LogP contribution in [0, 0.1) is 0 Å². The minimum Gasteiger partial charge on any atom is -0.364 e. The first kappa shape index (κ1) is 15.3. The summed E-state index contributed by atoms with van der Waals surface area (Å²) in [4.78, 5) is 4.07. The van der Waals surface area contributed by atoms with Crippen LogP contribution >= 0.6 is 0 Å². The van der Waals surface area contributed by atoms with Gasteiger partial charge < -0.3 is 5.32 Å². The van der Waals surface area contributed by atoms with Crippen molar-refractivity contribution in [2.45, 2.75) is 13.0 Å². The van der Waals surface area contributed by atoms with E-state index in [0.29, 0.717) is 0 Å². The van der Waals surface area contributed by atoms with Crippen LogP contribution in [-0.2, 0) is 13.0 Å². The van der Waals surface area contributed by atoms with Crippen molar-refractivity contribution in [3.05, 3.63) is 95.9 Å². The Morgan fingerprint density at radius 1 is 0.680 bits per heavy atom. The number of aromatic nitrogens is 3. The third kappa shape index (κ3) is 3.48. The average molecular weight is 326 g/mol. The molecule has 1 N–H and O–H groups in total. The molecule has 0 saturated carbocycles. The zero-order valence-electron chi connectivity index (χ0n) is 13.8. The zero-order chi connectivity index (χ0) is 16.9. The van der Waals surface area contributed by atoms with E-state index in [1.807, 2.05) is 42.5 Å². The van der Waals surface area contributed by atoms with Crippen molar-refractivity contribution < 1.29 is 0 Å². The molecule has 0 spiro atoms. The van der Waals surface area contributed by atoms with Crippen LogP contribution in [0.1, 0.15) is 16.8 Å². The molecule has 0 aliphatic carbocycles. The van der Waals surface area contributed by atoms with Crippen LogP contribution in [0.3, 0.4) is 0 Å². The molecule has 0 unspecified atom stereocenters. The maximum atomic E-state index is 4.48. The summed E-state index contributed by atoms with van der Waals surface area (Å²) < 4.78 is 0. The zero-order valence-corrected chi connectivity index (χ0v) is 13.8. The van der Waals surface area contributed by atoms with Gasteiger partial charge in [0.05, 0.1) is 5.69 Å². The molecule has 0 bridgehead atoms. The van der Waals surface area contributed by atoms with Gasteiger partial charge in [0, 0.05) is 36.1 Å². The number of nitrogens with zero attached hydrogens (tertiary/aromatic N) is 3. The fourth-order valence-electron chi connectivity index (χ4n) is 2.90. The van der Waals surface area contributed by atoms with Crippen molar-refractivity contribution in [3.63, 3.8) is 0 Å². The van der Waals surface area contributed by atoms with E-state index in [-0.39, 0.29) is 0 Å². The first-order valence-corrected chi connectivity index (χ1v) is 8.31. The molecule has 4 heteroatoms. The Bertz CT molecular complexity index is 969. The Kier molecular flexibility index (Phi) is 4.33. The summed E-state index contributed by atoms with van der Waals surface area (Å²) in [6.45, 7) is 0.725. The van der Waals surface area contributed by atoms with E-state index >= 15 is 0 Å². The number of anilines is 1. The molecule has 0 aliphatic rings. The smallest absolute Gasteiger partial charge is 0.156 e. The number of benzene rings is 2. The van der Waals surface area contributed by atoms with Crippen molar-refractivity contribution in [1.29, 1.82) is 0 Å². The predicted molar refractivity (Wildman–Crippen MR) is 100 cm³/mol. The summed E-state index contributed by atoms with van der Waals surface area (Å²) >= 11 is 0. The Hall–Kier alpha value is -3.27. The summed E-state index contributed by atoms with van der Waals surface area (Å²) in [7, 11) is 0. The van der Waals surface area contributed by atoms with E-state index in [0.717, 1.165) is 35.2 Å². The molecule has 0 saturated heterocycles. The number of hydrogen-bond acceptors (Lipinski definition) is 4. The number of nitrogens with one attached hydrogen (secondary N) is 1. The molecule has 25 heavy (non-hydrogen) atoms. The standard InChI is InChI=1S/C21H18N4/c1-2-6-17(7-3-1)15-23-21-19-9-5-4-8-18(19)20(24-25-21)14-16-10-12-22-13-11-16/h1-13H,14-15H2,(H,23,25). The van der Waals surface area contributed by atoms with Crippen molar-refractivity contribution in [2.75, 3.05) is 5.32 Å². The molecule has 4 rings (SSSR count). The average Bonchev–Trinajstić information content (AvgIpc) is 2.69. The normalized spacial score (nSPS) is 10.7. The fraction of sp³-hybridized carbons (Fsp3) is 0.0952. The van der Waals surface area contributed by atoms with E-state index in [2.05, 4.69) is 44.8 Å². The predicted octanol–water partition coefficient (Wildman–Crippen LogP) is 4.23. The first-order valence-electron chi connectivity index (χ1n) is 8.31. The van der Waals surface area contributed by atoms with Crippen LogP contribution in [0.5, 0.6) is 0 Å². The van der Waals surface area contributed by atoms with Gasteiger partial charge in [0.2, 0.25) is 0 Å². The second-order valence-electron chi connectivity index (χ2n) is 5.91. The van der Waals surface area contributed by atoms with Crippen LogP contribution in [0.15, 0.2) is 79.1 Å². The summed E-state index contributed by atoms with van der Waals surface area (Å²) in [6, 6.07) is 22.6. The lowest BCUT2D eigenvalue weighted by atomic mass is 10.0. The van der Waals surface area contributed by atoms with Gasteiger partial charge in [-0.15, -0.1) is 5.10 Å². The molecule has 0 fully saturated rings. The van der Waals surface area contributed by atoms with Gasteiger partial charge >= 0.3 is 0 Å². The molecule has 2 aromatic heterocycles. The summed E-state index contributed by atoms with van der Waals surface area (Å²) in [5.74, 6) is 0.818. The number of fused-ring (bicyclic) bond motifs is 1. The van der Waals surface area contributed by atoms with Gasteiger partial charge in [-0.05, 0) is 23.3 Å². The highest BCUT2D eigenvalue weighted by atomic mass is 15.2. The Balaban J connectivity index is 1.64. The van der Waals surface area contributed by atoms with Gasteiger partial charge in [-0.25, -0.2) is 0 Å². The number of pyridine rings is 1. The quantitative estimate of drug-likeness (QED) is 0.596. The third-order valence-electron chi connectivity index (χ3n) is 4.19. The molecule has 2 aromatic carbocycles. The monoisotopic (exact) mass is 326 g/mol. The molecule has 4 aromatic rings. The molecular weight excluding hydrogens is 308 g/mol. The fourth-order valence-corrected chi connectivity index (χ4v) is 2.90. The summed E-state index contributed by atoms with van der Waals surface area (Å²) in [6.07, 6.45) is 4.36. The largest absolute Gasteiger partial charge is 0.364 e. The highest BCUT2D eigenvalue weighted by Crippen LogP contribution is 2.24. The highest BCUT2D eigenvalue weighted by molar-refractivity contribution is 5.93. The molecule has 0 amide bonds. The van der Waals surface area contributed by atoms with Crippen molar-refractivity contribution in [3.8, 4) is 0 Å². The lowest BCUT2D eigenvalue weighted by Gasteiger charge is -2.11. The molecule has 4 nitrogen and oxygen atoms in total. The second-order valence-corrected chi connectivity index (χ2v) is 5.91. The molecular formula is C21H18N4. The van der Waals surface area contributed by atoms with E-state index in [1.165, 1.54) is 11.1 Å². The van der Waals surface area contributed by atoms with Gasteiger partial charge in [0.15, 0.2) is 5.82 Å². The van der Waals surface area contributed by atoms with Crippen LogP contribution in [0.4, 0.5) is 5.82 Å². The van der Waals surface area contributed by atoms with E-state index in [4.69, 9.17) is 0 Å². The van der Waals surface area contributed by atoms with Crippen molar-refractivity contribution in [2.24, 2.45) is 0 Å². The van der Waals surface area contributed by atoms with E-state index in [1.54, 1.807) is 12.4 Å². The van der Waals surface area contributed by atoms with Gasteiger partial charge in [-0.3, -0.25) is 4.98 Å². The van der Waals surface area contributed by atoms with Gasteiger partial charge in [-0.2, -0.15) is 5.10 Å². The van der Waals surface area contributed by atoms with Crippen molar-refractivity contribution in [1.82, 2.24) is 15.2 Å². The maximum absolute atomic E-state index is 4.48. The van der Waals surface area contributed by atoms with Gasteiger partial charge in [0.25, 0.3) is 0 Å². The first-order chi connectivity index (χ1) is 12.4. The van der Waals surface area contributed by atoms with Gasteiger partial charge in [0.1, 0.15) is 0 Å². The lowest BCUT2D eigenvalue weighted by molar-refractivity contribution is 0.946. The Morgan fingerprint density at radius 3 is 2.20 bits per heavy atom. The molecule has 0 radical (unpaired) electrons. The van der Waals surface area contributed by atoms with E-state index in [9.17, 15) is 0 Å². The van der Waals surface area contributed by atoms with Gasteiger partial charge in [-0.1, -0.05) is 54.6 Å². The van der Waals surface area contributed by atoms with Crippen molar-refractivity contribution >= 4 is 16.6 Å². The molecule has 0 atom stereocenters. The van der Waals surface area contributed by atoms with Crippen LogP contribution < -0.4 is 5.32 Å². The van der Waals surface area contributed by atoms with Crippen LogP contribution in [0.2, 0.25) is 0 Å². The minimum atomic E-state index is 0.725. The van der Waals surface area contributed by atoms with E-state index < -0.39 is 0 Å². The highest BCUT2D eigenvalue weighted by Gasteiger charge is 2.09. The molecule has 0 aliphatic heterocycles. The summed E-state index contributed by atoms with van der Waals surface area (Å²) in [5, 5.41) is 14.6.